The molecule has 0 saturated carbocycles. The molecule has 23 heavy (non-hydrogen) atoms. The number of methoxy groups -OCH3 is 1. The van der Waals surface area contributed by atoms with Crippen molar-refractivity contribution in [3.8, 4) is 5.75 Å². The SMILES string of the molecule is COc1ccc(Cc2ccccc2C2(O)CCN(C)CC2)cc1. The molecular formula is C20H25NO2. The lowest BCUT2D eigenvalue weighted by Crippen LogP contribution is -2.41. The highest BCUT2D eigenvalue weighted by molar-refractivity contribution is 5.38. The van der Waals surface area contributed by atoms with Crippen molar-refractivity contribution in [2.45, 2.75) is 24.9 Å². The Morgan fingerprint density at radius 1 is 1.04 bits per heavy atom. The van der Waals surface area contributed by atoms with Gasteiger partial charge in [-0.25, -0.2) is 0 Å². The first-order chi connectivity index (χ1) is 11.1. The van der Waals surface area contributed by atoms with Crippen LogP contribution in [0.25, 0.3) is 0 Å². The number of hydrogen-bond donors (Lipinski definition) is 1. The molecule has 1 fully saturated rings. The molecule has 122 valence electrons. The Morgan fingerprint density at radius 3 is 2.35 bits per heavy atom. The van der Waals surface area contributed by atoms with E-state index in [0.717, 1.165) is 43.7 Å². The van der Waals surface area contributed by atoms with E-state index in [1.165, 1.54) is 11.1 Å². The van der Waals surface area contributed by atoms with Gasteiger partial charge in [-0.15, -0.1) is 0 Å². The molecule has 0 atom stereocenters. The first-order valence-electron chi connectivity index (χ1n) is 8.23. The van der Waals surface area contributed by atoms with Crippen LogP contribution in [-0.4, -0.2) is 37.3 Å². The predicted octanol–water partition coefficient (Wildman–Crippen LogP) is 3.20. The maximum Gasteiger partial charge on any atom is 0.118 e. The van der Waals surface area contributed by atoms with Crippen LogP contribution in [-0.2, 0) is 12.0 Å². The third-order valence-corrected chi connectivity index (χ3v) is 4.89. The first-order valence-corrected chi connectivity index (χ1v) is 8.23. The summed E-state index contributed by atoms with van der Waals surface area (Å²) in [5, 5.41) is 11.2. The number of ether oxygens (including phenoxy) is 1. The van der Waals surface area contributed by atoms with E-state index < -0.39 is 5.60 Å². The van der Waals surface area contributed by atoms with E-state index in [9.17, 15) is 5.11 Å². The highest BCUT2D eigenvalue weighted by atomic mass is 16.5. The standard InChI is InChI=1S/C20H25NO2/c1-21-13-11-20(22,12-14-21)19-6-4-3-5-17(19)15-16-7-9-18(23-2)10-8-16/h3-10,22H,11-15H2,1-2H3. The van der Waals surface area contributed by atoms with E-state index in [1.54, 1.807) is 7.11 Å². The van der Waals surface area contributed by atoms with Crippen LogP contribution in [0.1, 0.15) is 29.5 Å². The minimum atomic E-state index is -0.699. The molecule has 3 rings (SSSR count). The van der Waals surface area contributed by atoms with Crippen molar-refractivity contribution in [2.75, 3.05) is 27.2 Å². The van der Waals surface area contributed by atoms with Crippen LogP contribution < -0.4 is 4.74 Å². The molecule has 1 aliphatic heterocycles. The Bertz CT molecular complexity index is 643. The zero-order valence-corrected chi connectivity index (χ0v) is 14.0. The van der Waals surface area contributed by atoms with Gasteiger partial charge in [-0.2, -0.15) is 0 Å². The van der Waals surface area contributed by atoms with Crippen LogP contribution in [0.5, 0.6) is 5.75 Å². The molecule has 0 radical (unpaired) electrons. The van der Waals surface area contributed by atoms with Gasteiger partial charge in [0.05, 0.1) is 12.7 Å². The van der Waals surface area contributed by atoms with Crippen LogP contribution in [0.2, 0.25) is 0 Å². The van der Waals surface area contributed by atoms with Crippen molar-refractivity contribution in [3.63, 3.8) is 0 Å². The third kappa shape index (κ3) is 3.57. The van der Waals surface area contributed by atoms with E-state index >= 15 is 0 Å². The van der Waals surface area contributed by atoms with Crippen molar-refractivity contribution in [2.24, 2.45) is 0 Å². The Labute approximate surface area is 138 Å². The second-order valence-electron chi connectivity index (χ2n) is 6.52. The van der Waals surface area contributed by atoms with Gasteiger partial charge in [-0.1, -0.05) is 36.4 Å². The summed E-state index contributed by atoms with van der Waals surface area (Å²) in [5.74, 6) is 0.871. The van der Waals surface area contributed by atoms with E-state index in [-0.39, 0.29) is 0 Å². The second kappa shape index (κ2) is 6.73. The maximum absolute atomic E-state index is 11.2. The molecule has 0 amide bonds. The van der Waals surface area contributed by atoms with Gasteiger partial charge in [0.25, 0.3) is 0 Å². The predicted molar refractivity (Wildman–Crippen MR) is 92.9 cm³/mol. The second-order valence-corrected chi connectivity index (χ2v) is 6.52. The Hall–Kier alpha value is -1.84. The molecule has 3 heteroatoms. The Kier molecular flexibility index (Phi) is 4.69. The summed E-state index contributed by atoms with van der Waals surface area (Å²) in [7, 11) is 3.79. The van der Waals surface area contributed by atoms with Gasteiger partial charge in [-0.3, -0.25) is 0 Å². The van der Waals surface area contributed by atoms with Crippen LogP contribution in [0, 0.1) is 0 Å². The van der Waals surface area contributed by atoms with Crippen molar-refractivity contribution >= 4 is 0 Å². The van der Waals surface area contributed by atoms with Crippen LogP contribution in [0.4, 0.5) is 0 Å². The largest absolute Gasteiger partial charge is 0.497 e. The highest BCUT2D eigenvalue weighted by Gasteiger charge is 2.34. The van der Waals surface area contributed by atoms with Gasteiger partial charge in [-0.05, 0) is 55.1 Å². The maximum atomic E-state index is 11.2. The van der Waals surface area contributed by atoms with Crippen molar-refractivity contribution in [1.82, 2.24) is 4.90 Å². The molecule has 0 aliphatic carbocycles. The van der Waals surface area contributed by atoms with E-state index in [4.69, 9.17) is 4.74 Å². The molecule has 0 spiro atoms. The summed E-state index contributed by atoms with van der Waals surface area (Å²) in [6, 6.07) is 16.5. The normalized spacial score (nSPS) is 17.9. The molecule has 2 aromatic rings. The Balaban J connectivity index is 1.85. The Morgan fingerprint density at radius 2 is 1.70 bits per heavy atom. The van der Waals surface area contributed by atoms with Gasteiger partial charge < -0.3 is 14.7 Å². The molecule has 1 aliphatic rings. The fourth-order valence-electron chi connectivity index (χ4n) is 3.35. The lowest BCUT2D eigenvalue weighted by atomic mass is 9.81. The molecule has 0 bridgehead atoms. The molecule has 1 saturated heterocycles. The number of nitrogens with zero attached hydrogens (tertiary/aromatic N) is 1. The quantitative estimate of drug-likeness (QED) is 0.941. The van der Waals surface area contributed by atoms with E-state index in [0.29, 0.717) is 0 Å². The minimum absolute atomic E-state index is 0.699. The number of hydrogen-bond acceptors (Lipinski definition) is 3. The van der Waals surface area contributed by atoms with Gasteiger partial charge in [0.1, 0.15) is 5.75 Å². The molecular weight excluding hydrogens is 286 g/mol. The van der Waals surface area contributed by atoms with E-state index in [2.05, 4.69) is 42.3 Å². The van der Waals surface area contributed by atoms with Gasteiger partial charge in [0.15, 0.2) is 0 Å². The number of aliphatic hydroxyl groups is 1. The topological polar surface area (TPSA) is 32.7 Å². The zero-order valence-electron chi connectivity index (χ0n) is 14.0. The van der Waals surface area contributed by atoms with Crippen LogP contribution in [0.15, 0.2) is 48.5 Å². The molecule has 2 aromatic carbocycles. The third-order valence-electron chi connectivity index (χ3n) is 4.89. The van der Waals surface area contributed by atoms with Crippen LogP contribution in [0.3, 0.4) is 0 Å². The van der Waals surface area contributed by atoms with Crippen LogP contribution >= 0.6 is 0 Å². The smallest absolute Gasteiger partial charge is 0.118 e. The lowest BCUT2D eigenvalue weighted by molar-refractivity contribution is -0.0209. The van der Waals surface area contributed by atoms with Crippen molar-refractivity contribution in [3.05, 3.63) is 65.2 Å². The summed E-state index contributed by atoms with van der Waals surface area (Å²) >= 11 is 0. The number of piperidine rings is 1. The van der Waals surface area contributed by atoms with Gasteiger partial charge in [0.2, 0.25) is 0 Å². The molecule has 1 heterocycles. The average molecular weight is 311 g/mol. The zero-order chi connectivity index (χ0) is 16.3. The lowest BCUT2D eigenvalue weighted by Gasteiger charge is -2.38. The number of benzene rings is 2. The van der Waals surface area contributed by atoms with Crippen molar-refractivity contribution < 1.29 is 9.84 Å². The van der Waals surface area contributed by atoms with Gasteiger partial charge >= 0.3 is 0 Å². The highest BCUT2D eigenvalue weighted by Crippen LogP contribution is 2.35. The number of rotatable bonds is 4. The summed E-state index contributed by atoms with van der Waals surface area (Å²) < 4.78 is 5.22. The van der Waals surface area contributed by atoms with Crippen molar-refractivity contribution in [1.29, 1.82) is 0 Å². The van der Waals surface area contributed by atoms with Gasteiger partial charge in [0, 0.05) is 13.1 Å². The summed E-state index contributed by atoms with van der Waals surface area (Å²) in [6.07, 6.45) is 2.42. The monoisotopic (exact) mass is 311 g/mol. The average Bonchev–Trinajstić information content (AvgIpc) is 2.59. The summed E-state index contributed by atoms with van der Waals surface area (Å²) in [6.45, 7) is 1.88. The molecule has 3 nitrogen and oxygen atoms in total. The summed E-state index contributed by atoms with van der Waals surface area (Å²) in [5.41, 5.74) is 2.83. The fourth-order valence-corrected chi connectivity index (χ4v) is 3.35. The molecule has 1 N–H and O–H groups in total. The first kappa shape index (κ1) is 16.0. The summed E-state index contributed by atoms with van der Waals surface area (Å²) in [4.78, 5) is 2.28. The number of likely N-dealkylation sites (tertiary alicyclic amines) is 1. The fraction of sp³-hybridized carbons (Fsp3) is 0.400. The minimum Gasteiger partial charge on any atom is -0.497 e. The molecule has 0 aromatic heterocycles. The van der Waals surface area contributed by atoms with E-state index in [1.807, 2.05) is 18.2 Å². The molecule has 0 unspecified atom stereocenters.